The van der Waals surface area contributed by atoms with Gasteiger partial charge in [-0.2, -0.15) is 0 Å². The Balaban J connectivity index is 1.25. The minimum Gasteiger partial charge on any atom is -0.481 e. The molecule has 0 saturated carbocycles. The fourth-order valence-electron chi connectivity index (χ4n) is 5.55. The number of nitrogens with zero attached hydrogens (tertiary/aromatic N) is 4. The van der Waals surface area contributed by atoms with Gasteiger partial charge in [-0.15, -0.1) is 0 Å². The standard InChI is InChI=1S/C23H34N4O3/c1-18(16-21(28)29)25-11-4-19(5-12-25)22(30)26-13-6-23(7-14-26)8-15-27(17-23)20-2-9-24-10-3-20/h2-3,9-10,18-19H,4-8,11-17H2,1H3,(H,28,29). The highest BCUT2D eigenvalue weighted by Crippen LogP contribution is 2.42. The minimum atomic E-state index is -0.752. The average Bonchev–Trinajstić information content (AvgIpc) is 3.17. The summed E-state index contributed by atoms with van der Waals surface area (Å²) in [6, 6.07) is 4.21. The lowest BCUT2D eigenvalue weighted by Gasteiger charge is -2.42. The number of amides is 1. The number of hydrogen-bond donors (Lipinski definition) is 1. The number of aromatic nitrogens is 1. The molecule has 4 heterocycles. The molecule has 3 fully saturated rings. The maximum absolute atomic E-state index is 13.1. The van der Waals surface area contributed by atoms with E-state index in [1.807, 2.05) is 19.3 Å². The molecule has 1 aromatic heterocycles. The van der Waals surface area contributed by atoms with Crippen molar-refractivity contribution < 1.29 is 14.7 Å². The van der Waals surface area contributed by atoms with Crippen LogP contribution in [0.1, 0.15) is 45.4 Å². The molecule has 0 radical (unpaired) electrons. The predicted molar refractivity (Wildman–Crippen MR) is 115 cm³/mol. The van der Waals surface area contributed by atoms with E-state index in [1.54, 1.807) is 0 Å². The maximum atomic E-state index is 13.1. The largest absolute Gasteiger partial charge is 0.481 e. The third kappa shape index (κ3) is 4.61. The highest BCUT2D eigenvalue weighted by Gasteiger charge is 2.42. The lowest BCUT2D eigenvalue weighted by atomic mass is 9.77. The number of carbonyl (C=O) groups is 2. The van der Waals surface area contributed by atoms with Gasteiger partial charge in [0.15, 0.2) is 0 Å². The number of pyridine rings is 1. The van der Waals surface area contributed by atoms with Crippen LogP contribution in [-0.2, 0) is 9.59 Å². The zero-order valence-electron chi connectivity index (χ0n) is 18.0. The molecule has 164 valence electrons. The van der Waals surface area contributed by atoms with Gasteiger partial charge in [0.2, 0.25) is 5.91 Å². The van der Waals surface area contributed by atoms with E-state index in [2.05, 4.69) is 31.8 Å². The molecule has 1 spiro atoms. The molecule has 3 aliphatic rings. The summed E-state index contributed by atoms with van der Waals surface area (Å²) in [6.07, 6.45) is 8.97. The Morgan fingerprint density at radius 1 is 1.10 bits per heavy atom. The zero-order chi connectivity index (χ0) is 21.1. The van der Waals surface area contributed by atoms with Crippen LogP contribution in [0.2, 0.25) is 0 Å². The Kier molecular flexibility index (Phi) is 6.27. The minimum absolute atomic E-state index is 0.0408. The van der Waals surface area contributed by atoms with Crippen molar-refractivity contribution >= 4 is 17.6 Å². The molecule has 30 heavy (non-hydrogen) atoms. The molecule has 7 heteroatoms. The lowest BCUT2D eigenvalue weighted by Crippen LogP contribution is -2.49. The number of piperidine rings is 2. The second-order valence-electron chi connectivity index (χ2n) is 9.46. The van der Waals surface area contributed by atoms with E-state index in [9.17, 15) is 9.59 Å². The number of carboxylic acids is 1. The van der Waals surface area contributed by atoms with Gasteiger partial charge < -0.3 is 19.8 Å². The summed E-state index contributed by atoms with van der Waals surface area (Å²) < 4.78 is 0. The average molecular weight is 415 g/mol. The number of carboxylic acid groups (broad SMARTS) is 1. The molecule has 1 amide bonds. The first kappa shape index (κ1) is 21.1. The summed E-state index contributed by atoms with van der Waals surface area (Å²) >= 11 is 0. The number of hydrogen-bond acceptors (Lipinski definition) is 5. The van der Waals surface area contributed by atoms with Gasteiger partial charge in [-0.1, -0.05) is 0 Å². The second-order valence-corrected chi connectivity index (χ2v) is 9.46. The predicted octanol–water partition coefficient (Wildman–Crippen LogP) is 2.48. The van der Waals surface area contributed by atoms with E-state index < -0.39 is 5.97 Å². The first-order valence-electron chi connectivity index (χ1n) is 11.4. The van der Waals surface area contributed by atoms with Crippen molar-refractivity contribution in [2.45, 2.75) is 51.5 Å². The van der Waals surface area contributed by atoms with E-state index in [0.717, 1.165) is 65.0 Å². The van der Waals surface area contributed by atoms with Crippen molar-refractivity contribution in [3.8, 4) is 0 Å². The highest BCUT2D eigenvalue weighted by atomic mass is 16.4. The van der Waals surface area contributed by atoms with Crippen LogP contribution < -0.4 is 4.90 Å². The van der Waals surface area contributed by atoms with E-state index >= 15 is 0 Å². The maximum Gasteiger partial charge on any atom is 0.304 e. The van der Waals surface area contributed by atoms with Gasteiger partial charge in [0.25, 0.3) is 0 Å². The van der Waals surface area contributed by atoms with Gasteiger partial charge in [-0.05, 0) is 69.7 Å². The molecule has 0 aromatic carbocycles. The third-order valence-corrected chi connectivity index (χ3v) is 7.57. The van der Waals surface area contributed by atoms with Crippen LogP contribution >= 0.6 is 0 Å². The van der Waals surface area contributed by atoms with Crippen molar-refractivity contribution in [3.63, 3.8) is 0 Å². The summed E-state index contributed by atoms with van der Waals surface area (Å²) in [7, 11) is 0. The molecule has 7 nitrogen and oxygen atoms in total. The molecule has 1 atom stereocenters. The first-order valence-corrected chi connectivity index (χ1v) is 11.4. The number of rotatable bonds is 5. The van der Waals surface area contributed by atoms with Crippen LogP contribution in [0.5, 0.6) is 0 Å². The fraction of sp³-hybridized carbons (Fsp3) is 0.696. The van der Waals surface area contributed by atoms with Gasteiger partial charge in [-0.3, -0.25) is 14.6 Å². The molecule has 0 aliphatic carbocycles. The number of aliphatic carboxylic acids is 1. The summed E-state index contributed by atoms with van der Waals surface area (Å²) in [5, 5.41) is 9.00. The molecule has 3 aliphatic heterocycles. The monoisotopic (exact) mass is 414 g/mol. The Morgan fingerprint density at radius 2 is 1.73 bits per heavy atom. The third-order valence-electron chi connectivity index (χ3n) is 7.57. The van der Waals surface area contributed by atoms with Crippen LogP contribution in [0.4, 0.5) is 5.69 Å². The van der Waals surface area contributed by atoms with Gasteiger partial charge >= 0.3 is 5.97 Å². The topological polar surface area (TPSA) is 77.0 Å². The summed E-state index contributed by atoms with van der Waals surface area (Å²) in [4.78, 5) is 34.9. The number of likely N-dealkylation sites (tertiary alicyclic amines) is 2. The van der Waals surface area contributed by atoms with E-state index in [-0.39, 0.29) is 18.4 Å². The van der Waals surface area contributed by atoms with Crippen molar-refractivity contribution in [2.24, 2.45) is 11.3 Å². The van der Waals surface area contributed by atoms with Crippen LogP contribution in [-0.4, -0.2) is 77.1 Å². The smallest absolute Gasteiger partial charge is 0.304 e. The van der Waals surface area contributed by atoms with Crippen molar-refractivity contribution in [2.75, 3.05) is 44.2 Å². The number of anilines is 1. The van der Waals surface area contributed by atoms with Gasteiger partial charge in [0.1, 0.15) is 0 Å². The van der Waals surface area contributed by atoms with Gasteiger partial charge in [-0.25, -0.2) is 0 Å². The number of carbonyl (C=O) groups excluding carboxylic acids is 1. The Bertz CT molecular complexity index is 740. The fourth-order valence-corrected chi connectivity index (χ4v) is 5.55. The van der Waals surface area contributed by atoms with E-state index in [1.165, 1.54) is 12.1 Å². The van der Waals surface area contributed by atoms with Crippen LogP contribution in [0, 0.1) is 11.3 Å². The van der Waals surface area contributed by atoms with Crippen molar-refractivity contribution in [1.29, 1.82) is 0 Å². The SMILES string of the molecule is CC(CC(=O)O)N1CCC(C(=O)N2CCC3(CC2)CCN(c2ccncc2)C3)CC1. The molecule has 3 saturated heterocycles. The summed E-state index contributed by atoms with van der Waals surface area (Å²) in [5.74, 6) is -0.332. The van der Waals surface area contributed by atoms with Crippen LogP contribution in [0.25, 0.3) is 0 Å². The van der Waals surface area contributed by atoms with Gasteiger partial charge in [0, 0.05) is 56.2 Å². The van der Waals surface area contributed by atoms with Crippen LogP contribution in [0.15, 0.2) is 24.5 Å². The molecule has 0 bridgehead atoms. The van der Waals surface area contributed by atoms with Crippen LogP contribution in [0.3, 0.4) is 0 Å². The lowest BCUT2D eigenvalue weighted by molar-refractivity contribution is -0.141. The molecule has 1 unspecified atom stereocenters. The second kappa shape index (κ2) is 8.92. The molecular weight excluding hydrogens is 380 g/mol. The molecule has 1 aromatic rings. The quantitative estimate of drug-likeness (QED) is 0.798. The molecular formula is C23H34N4O3. The normalized spacial score (nSPS) is 23.6. The molecule has 1 N–H and O–H groups in total. The summed E-state index contributed by atoms with van der Waals surface area (Å²) in [6.45, 7) is 7.53. The van der Waals surface area contributed by atoms with Gasteiger partial charge in [0.05, 0.1) is 6.42 Å². The Labute approximate surface area is 179 Å². The van der Waals surface area contributed by atoms with E-state index in [4.69, 9.17) is 5.11 Å². The summed E-state index contributed by atoms with van der Waals surface area (Å²) in [5.41, 5.74) is 1.60. The zero-order valence-corrected chi connectivity index (χ0v) is 18.0. The van der Waals surface area contributed by atoms with E-state index in [0.29, 0.717) is 11.3 Å². The Hall–Kier alpha value is -2.15. The molecule has 4 rings (SSSR count). The van der Waals surface area contributed by atoms with Crippen molar-refractivity contribution in [3.05, 3.63) is 24.5 Å². The van der Waals surface area contributed by atoms with Crippen molar-refractivity contribution in [1.82, 2.24) is 14.8 Å². The highest BCUT2D eigenvalue weighted by molar-refractivity contribution is 5.79. The Morgan fingerprint density at radius 3 is 2.37 bits per heavy atom. The first-order chi connectivity index (χ1) is 14.5.